The van der Waals surface area contributed by atoms with Crippen LogP contribution in [-0.4, -0.2) is 40.4 Å². The van der Waals surface area contributed by atoms with E-state index in [0.717, 1.165) is 26.1 Å². The van der Waals surface area contributed by atoms with E-state index in [-0.39, 0.29) is 22.3 Å². The summed E-state index contributed by atoms with van der Waals surface area (Å²) in [6, 6.07) is 10.1. The van der Waals surface area contributed by atoms with Crippen molar-refractivity contribution in [1.82, 2.24) is 0 Å². The molecule has 1 heterocycles. The van der Waals surface area contributed by atoms with E-state index < -0.39 is 18.2 Å². The van der Waals surface area contributed by atoms with Gasteiger partial charge in [0.25, 0.3) is 5.91 Å². The number of anilines is 1. The van der Waals surface area contributed by atoms with Gasteiger partial charge in [0, 0.05) is 30.0 Å². The van der Waals surface area contributed by atoms with Crippen molar-refractivity contribution in [3.63, 3.8) is 0 Å². The Labute approximate surface area is 162 Å². The summed E-state index contributed by atoms with van der Waals surface area (Å²) in [4.78, 5) is 24.0. The first-order valence-electron chi connectivity index (χ1n) is 9.10. The lowest BCUT2D eigenvalue weighted by molar-refractivity contribution is -0.0429. The maximum Gasteiger partial charge on any atom is 0.335 e. The molecule has 0 radical (unpaired) electrons. The van der Waals surface area contributed by atoms with E-state index in [1.807, 2.05) is 12.1 Å². The molecule has 7 nitrogen and oxygen atoms in total. The fraction of sp³-hybridized carbons (Fsp3) is 0.333. The third kappa shape index (κ3) is 4.39. The van der Waals surface area contributed by atoms with Crippen LogP contribution in [0.5, 0.6) is 0 Å². The Hall–Kier alpha value is -2.74. The number of benzene rings is 2. The molecule has 0 atom stereocenters. The summed E-state index contributed by atoms with van der Waals surface area (Å²) in [5.41, 5.74) is 1.85. The molecule has 0 spiro atoms. The van der Waals surface area contributed by atoms with Gasteiger partial charge in [0.05, 0.1) is 5.56 Å². The van der Waals surface area contributed by atoms with Gasteiger partial charge in [-0.1, -0.05) is 12.1 Å². The van der Waals surface area contributed by atoms with E-state index in [2.05, 4.69) is 5.32 Å². The first-order chi connectivity index (χ1) is 13.4. The molecule has 2 aromatic carbocycles. The van der Waals surface area contributed by atoms with Gasteiger partial charge in [-0.3, -0.25) is 4.79 Å². The van der Waals surface area contributed by atoms with Gasteiger partial charge in [-0.2, -0.15) is 0 Å². The predicted octanol–water partition coefficient (Wildman–Crippen LogP) is 2.82. The predicted molar refractivity (Wildman–Crippen MR) is 103 cm³/mol. The van der Waals surface area contributed by atoms with Crippen molar-refractivity contribution in [2.24, 2.45) is 0 Å². The monoisotopic (exact) mass is 385 g/mol. The molecule has 0 unspecified atom stereocenters. The molecule has 0 aromatic heterocycles. The van der Waals surface area contributed by atoms with Crippen LogP contribution in [0.2, 0.25) is 0 Å². The highest BCUT2D eigenvalue weighted by molar-refractivity contribution is 6.06. The fourth-order valence-corrected chi connectivity index (χ4v) is 3.43. The van der Waals surface area contributed by atoms with Crippen LogP contribution in [0.15, 0.2) is 36.4 Å². The maximum atomic E-state index is 12.6. The molecular weight excluding hydrogens is 362 g/mol. The van der Waals surface area contributed by atoms with Gasteiger partial charge in [0.1, 0.15) is 0 Å². The van der Waals surface area contributed by atoms with Gasteiger partial charge in [0.2, 0.25) is 0 Å². The number of aliphatic hydroxyl groups excluding tert-OH is 1. The quantitative estimate of drug-likeness (QED) is 0.588. The van der Waals surface area contributed by atoms with Gasteiger partial charge in [-0.05, 0) is 61.1 Å². The number of hydrogen-bond donors (Lipinski definition) is 4. The zero-order chi connectivity index (χ0) is 20.3. The molecule has 0 saturated carbocycles. The Kier molecular flexibility index (Phi) is 6.08. The number of carboxylic acids is 1. The summed E-state index contributed by atoms with van der Waals surface area (Å²) in [5.74, 6) is -1.32. The van der Waals surface area contributed by atoms with E-state index in [9.17, 15) is 24.9 Å². The van der Waals surface area contributed by atoms with Crippen LogP contribution in [-0.2, 0) is 4.74 Å². The zero-order valence-electron chi connectivity index (χ0n) is 15.5. The average Bonchev–Trinajstić information content (AvgIpc) is 2.69. The number of carbonyl (C=O) groups is 2. The minimum atomic E-state index is -1.87. The topological polar surface area (TPSA) is 116 Å². The third-order valence-corrected chi connectivity index (χ3v) is 5.08. The largest absolute Gasteiger partial charge is 0.478 e. The van der Waals surface area contributed by atoms with Crippen LogP contribution in [0, 0.1) is 6.92 Å². The molecule has 3 rings (SSSR count). The SMILES string of the molecule is Cc1c(C(=O)O)cc(C(=O)Nc2ccc(C3CCOCC3)cc2)cc1C(O)O. The fourth-order valence-electron chi connectivity index (χ4n) is 3.43. The Bertz CT molecular complexity index is 869. The highest BCUT2D eigenvalue weighted by atomic mass is 16.5. The van der Waals surface area contributed by atoms with Gasteiger partial charge >= 0.3 is 5.97 Å². The molecule has 7 heteroatoms. The van der Waals surface area contributed by atoms with Crippen molar-refractivity contribution >= 4 is 17.6 Å². The minimum Gasteiger partial charge on any atom is -0.478 e. The summed E-state index contributed by atoms with van der Waals surface area (Å²) in [5, 5.41) is 31.0. The number of ether oxygens (including phenoxy) is 1. The van der Waals surface area contributed by atoms with Crippen molar-refractivity contribution in [3.8, 4) is 0 Å². The molecule has 1 amide bonds. The van der Waals surface area contributed by atoms with Crippen molar-refractivity contribution in [2.75, 3.05) is 18.5 Å². The van der Waals surface area contributed by atoms with Crippen LogP contribution < -0.4 is 5.32 Å². The van der Waals surface area contributed by atoms with Crippen LogP contribution in [0.4, 0.5) is 5.69 Å². The Morgan fingerprint density at radius 1 is 1.11 bits per heavy atom. The molecule has 1 saturated heterocycles. The lowest BCUT2D eigenvalue weighted by Crippen LogP contribution is -2.16. The van der Waals surface area contributed by atoms with E-state index >= 15 is 0 Å². The van der Waals surface area contributed by atoms with Gasteiger partial charge < -0.3 is 25.4 Å². The molecule has 0 bridgehead atoms. The highest BCUT2D eigenvalue weighted by Crippen LogP contribution is 2.28. The standard InChI is InChI=1S/C21H23NO6/c1-12-17(20(24)25)10-15(11-18(12)21(26)27)19(23)22-16-4-2-13(3-5-16)14-6-8-28-9-7-14/h2-5,10-11,14,20,24-25H,6-9H2,1H3,(H,22,23)(H,26,27). The molecule has 28 heavy (non-hydrogen) atoms. The summed E-state index contributed by atoms with van der Waals surface area (Å²) in [6.07, 6.45) is 0.0723. The number of nitrogens with one attached hydrogen (secondary N) is 1. The second-order valence-corrected chi connectivity index (χ2v) is 6.88. The Morgan fingerprint density at radius 3 is 2.32 bits per heavy atom. The Balaban J connectivity index is 1.79. The first kappa shape index (κ1) is 20.0. The summed E-state index contributed by atoms with van der Waals surface area (Å²) >= 11 is 0. The first-order valence-corrected chi connectivity index (χ1v) is 9.10. The summed E-state index contributed by atoms with van der Waals surface area (Å²) < 4.78 is 5.37. The van der Waals surface area contributed by atoms with E-state index in [1.165, 1.54) is 24.6 Å². The number of aliphatic hydroxyl groups is 2. The van der Waals surface area contributed by atoms with Crippen molar-refractivity contribution in [2.45, 2.75) is 32.0 Å². The second kappa shape index (κ2) is 8.52. The van der Waals surface area contributed by atoms with Crippen LogP contribution >= 0.6 is 0 Å². The van der Waals surface area contributed by atoms with Crippen molar-refractivity contribution in [3.05, 3.63) is 64.2 Å². The Morgan fingerprint density at radius 2 is 1.75 bits per heavy atom. The zero-order valence-corrected chi connectivity index (χ0v) is 15.5. The van der Waals surface area contributed by atoms with E-state index in [4.69, 9.17) is 4.74 Å². The van der Waals surface area contributed by atoms with E-state index in [0.29, 0.717) is 11.6 Å². The maximum absolute atomic E-state index is 12.6. The third-order valence-electron chi connectivity index (χ3n) is 5.08. The van der Waals surface area contributed by atoms with Crippen molar-refractivity contribution in [1.29, 1.82) is 0 Å². The molecule has 0 aliphatic carbocycles. The minimum absolute atomic E-state index is 0.0140. The molecule has 148 valence electrons. The molecule has 1 fully saturated rings. The summed E-state index contributed by atoms with van der Waals surface area (Å²) in [7, 11) is 0. The summed E-state index contributed by atoms with van der Waals surface area (Å²) in [6.45, 7) is 2.97. The van der Waals surface area contributed by atoms with E-state index in [1.54, 1.807) is 12.1 Å². The number of carboxylic acid groups (broad SMARTS) is 1. The molecule has 1 aliphatic rings. The van der Waals surface area contributed by atoms with Gasteiger partial charge in [0.15, 0.2) is 6.29 Å². The normalized spacial score (nSPS) is 14.9. The number of rotatable bonds is 5. The number of aromatic carboxylic acids is 1. The number of carbonyl (C=O) groups excluding carboxylic acids is 1. The van der Waals surface area contributed by atoms with Crippen molar-refractivity contribution < 1.29 is 29.6 Å². The lowest BCUT2D eigenvalue weighted by Gasteiger charge is -2.22. The average molecular weight is 385 g/mol. The second-order valence-electron chi connectivity index (χ2n) is 6.88. The molecule has 1 aliphatic heterocycles. The van der Waals surface area contributed by atoms with Crippen LogP contribution in [0.25, 0.3) is 0 Å². The van der Waals surface area contributed by atoms with Gasteiger partial charge in [-0.15, -0.1) is 0 Å². The lowest BCUT2D eigenvalue weighted by atomic mass is 9.92. The molecule has 2 aromatic rings. The molecular formula is C21H23NO6. The smallest absolute Gasteiger partial charge is 0.335 e. The number of amides is 1. The van der Waals surface area contributed by atoms with Gasteiger partial charge in [-0.25, -0.2) is 4.79 Å². The highest BCUT2D eigenvalue weighted by Gasteiger charge is 2.20. The van der Waals surface area contributed by atoms with Crippen LogP contribution in [0.1, 0.15) is 62.5 Å². The number of hydrogen-bond acceptors (Lipinski definition) is 5. The van der Waals surface area contributed by atoms with Crippen LogP contribution in [0.3, 0.4) is 0 Å². The molecule has 4 N–H and O–H groups in total.